The van der Waals surface area contributed by atoms with Crippen LogP contribution in [0.4, 0.5) is 0 Å². The molecule has 0 saturated carbocycles. The van der Waals surface area contributed by atoms with Gasteiger partial charge in [-0.1, -0.05) is 37.6 Å². The van der Waals surface area contributed by atoms with Crippen molar-refractivity contribution in [2.75, 3.05) is 0 Å². The molecule has 1 atom stereocenters. The predicted octanol–water partition coefficient (Wildman–Crippen LogP) is 4.32. The molecular formula is C18H23NO. The minimum Gasteiger partial charge on any atom is -0.457 e. The van der Waals surface area contributed by atoms with Crippen LogP contribution in [-0.2, 0) is 12.8 Å². The lowest BCUT2D eigenvalue weighted by molar-refractivity contribution is 0.482. The Kier molecular flexibility index (Phi) is 5.19. The molecule has 0 amide bonds. The van der Waals surface area contributed by atoms with E-state index < -0.39 is 0 Å². The van der Waals surface area contributed by atoms with Gasteiger partial charge in [-0.2, -0.15) is 0 Å². The van der Waals surface area contributed by atoms with E-state index >= 15 is 0 Å². The smallest absolute Gasteiger partial charge is 0.127 e. The van der Waals surface area contributed by atoms with Gasteiger partial charge < -0.3 is 10.5 Å². The van der Waals surface area contributed by atoms with Crippen molar-refractivity contribution in [1.82, 2.24) is 0 Å². The van der Waals surface area contributed by atoms with E-state index in [1.165, 1.54) is 17.5 Å². The normalized spacial score (nSPS) is 12.2. The Bertz CT molecular complexity index is 514. The van der Waals surface area contributed by atoms with Gasteiger partial charge in [-0.3, -0.25) is 0 Å². The fourth-order valence-electron chi connectivity index (χ4n) is 2.21. The monoisotopic (exact) mass is 269 g/mol. The molecule has 1 unspecified atom stereocenters. The Balaban J connectivity index is 1.98. The van der Waals surface area contributed by atoms with Crippen LogP contribution in [-0.4, -0.2) is 6.04 Å². The van der Waals surface area contributed by atoms with Crippen molar-refractivity contribution in [2.45, 2.75) is 39.2 Å². The van der Waals surface area contributed by atoms with Crippen LogP contribution in [0.5, 0.6) is 11.5 Å². The van der Waals surface area contributed by atoms with Gasteiger partial charge in [0.05, 0.1) is 0 Å². The first-order valence-corrected chi connectivity index (χ1v) is 7.28. The van der Waals surface area contributed by atoms with E-state index in [0.29, 0.717) is 0 Å². The van der Waals surface area contributed by atoms with Crippen LogP contribution in [0.1, 0.15) is 31.4 Å². The molecule has 0 bridgehead atoms. The summed E-state index contributed by atoms with van der Waals surface area (Å²) in [6, 6.07) is 16.6. The minimum absolute atomic E-state index is 0.188. The summed E-state index contributed by atoms with van der Waals surface area (Å²) in [5.74, 6) is 1.74. The van der Waals surface area contributed by atoms with Crippen molar-refractivity contribution < 1.29 is 4.74 Å². The molecule has 2 nitrogen and oxygen atoms in total. The number of hydrogen-bond acceptors (Lipinski definition) is 2. The second-order valence-electron chi connectivity index (χ2n) is 5.32. The molecule has 106 valence electrons. The van der Waals surface area contributed by atoms with Crippen LogP contribution in [0, 0.1) is 0 Å². The van der Waals surface area contributed by atoms with Gasteiger partial charge in [-0.05, 0) is 55.2 Å². The van der Waals surface area contributed by atoms with Gasteiger partial charge in [-0.25, -0.2) is 0 Å². The van der Waals surface area contributed by atoms with E-state index in [0.717, 1.165) is 24.3 Å². The average Bonchev–Trinajstić information content (AvgIpc) is 2.43. The summed E-state index contributed by atoms with van der Waals surface area (Å²) < 4.78 is 5.84. The number of benzene rings is 2. The van der Waals surface area contributed by atoms with Gasteiger partial charge in [0.1, 0.15) is 11.5 Å². The Morgan fingerprint density at radius 3 is 1.85 bits per heavy atom. The first kappa shape index (κ1) is 14.6. The number of rotatable bonds is 6. The van der Waals surface area contributed by atoms with E-state index in [9.17, 15) is 0 Å². The quantitative estimate of drug-likeness (QED) is 0.847. The van der Waals surface area contributed by atoms with Crippen LogP contribution in [0.25, 0.3) is 0 Å². The zero-order valence-corrected chi connectivity index (χ0v) is 12.3. The third kappa shape index (κ3) is 4.39. The summed E-state index contributed by atoms with van der Waals surface area (Å²) in [6.45, 7) is 4.20. The van der Waals surface area contributed by atoms with E-state index in [1.54, 1.807) is 0 Å². The summed E-state index contributed by atoms with van der Waals surface area (Å²) in [6.07, 6.45) is 3.18. The van der Waals surface area contributed by atoms with Crippen molar-refractivity contribution in [3.05, 3.63) is 59.7 Å². The lowest BCUT2D eigenvalue weighted by atomic mass is 10.1. The molecule has 2 N–H and O–H groups in total. The first-order chi connectivity index (χ1) is 9.67. The highest BCUT2D eigenvalue weighted by atomic mass is 16.5. The lowest BCUT2D eigenvalue weighted by Crippen LogP contribution is -2.17. The fraction of sp³-hybridized carbons (Fsp3) is 0.333. The van der Waals surface area contributed by atoms with Gasteiger partial charge in [0.25, 0.3) is 0 Å². The topological polar surface area (TPSA) is 35.2 Å². The maximum absolute atomic E-state index is 5.84. The van der Waals surface area contributed by atoms with Crippen molar-refractivity contribution in [3.8, 4) is 11.5 Å². The van der Waals surface area contributed by atoms with Crippen LogP contribution >= 0.6 is 0 Å². The number of hydrogen-bond donors (Lipinski definition) is 1. The van der Waals surface area contributed by atoms with Gasteiger partial charge in [0.15, 0.2) is 0 Å². The standard InChI is InChI=1S/C18H23NO/c1-3-4-15-5-9-17(10-6-15)20-18-11-7-16(8-12-18)13-14(2)19/h5-12,14H,3-4,13,19H2,1-2H3. The summed E-state index contributed by atoms with van der Waals surface area (Å²) in [4.78, 5) is 0. The van der Waals surface area contributed by atoms with E-state index in [-0.39, 0.29) is 6.04 Å². The number of nitrogens with two attached hydrogens (primary N) is 1. The van der Waals surface area contributed by atoms with Crippen molar-refractivity contribution in [1.29, 1.82) is 0 Å². The second-order valence-corrected chi connectivity index (χ2v) is 5.32. The lowest BCUT2D eigenvalue weighted by Gasteiger charge is -2.09. The number of aryl methyl sites for hydroxylation is 1. The van der Waals surface area contributed by atoms with E-state index in [2.05, 4.69) is 31.2 Å². The van der Waals surface area contributed by atoms with Crippen LogP contribution < -0.4 is 10.5 Å². The highest BCUT2D eigenvalue weighted by Crippen LogP contribution is 2.22. The van der Waals surface area contributed by atoms with E-state index in [1.807, 2.05) is 31.2 Å². The fourth-order valence-corrected chi connectivity index (χ4v) is 2.21. The molecule has 0 aromatic heterocycles. The van der Waals surface area contributed by atoms with Crippen LogP contribution in [0.15, 0.2) is 48.5 Å². The molecule has 0 radical (unpaired) electrons. The summed E-state index contributed by atoms with van der Waals surface area (Å²) in [5.41, 5.74) is 8.39. The molecule has 0 heterocycles. The van der Waals surface area contributed by atoms with Gasteiger partial charge in [0.2, 0.25) is 0 Å². The van der Waals surface area contributed by atoms with Gasteiger partial charge in [-0.15, -0.1) is 0 Å². The molecule has 0 saturated heterocycles. The largest absolute Gasteiger partial charge is 0.457 e. The third-order valence-corrected chi connectivity index (χ3v) is 3.18. The molecule has 0 fully saturated rings. The Morgan fingerprint density at radius 1 is 0.900 bits per heavy atom. The molecule has 0 aliphatic rings. The summed E-state index contributed by atoms with van der Waals surface area (Å²) >= 11 is 0. The summed E-state index contributed by atoms with van der Waals surface area (Å²) in [7, 11) is 0. The van der Waals surface area contributed by atoms with Crippen molar-refractivity contribution >= 4 is 0 Å². The van der Waals surface area contributed by atoms with Crippen molar-refractivity contribution in [2.24, 2.45) is 5.73 Å². The Labute approximate surface area is 121 Å². The molecule has 2 rings (SSSR count). The maximum Gasteiger partial charge on any atom is 0.127 e. The molecule has 0 aliphatic heterocycles. The van der Waals surface area contributed by atoms with Crippen LogP contribution in [0.3, 0.4) is 0 Å². The highest BCUT2D eigenvalue weighted by molar-refractivity contribution is 5.34. The number of ether oxygens (including phenoxy) is 1. The zero-order valence-electron chi connectivity index (χ0n) is 12.3. The zero-order chi connectivity index (χ0) is 14.4. The van der Waals surface area contributed by atoms with Crippen LogP contribution in [0.2, 0.25) is 0 Å². The third-order valence-electron chi connectivity index (χ3n) is 3.18. The second kappa shape index (κ2) is 7.11. The molecule has 2 aromatic carbocycles. The molecular weight excluding hydrogens is 246 g/mol. The average molecular weight is 269 g/mol. The molecule has 2 heteroatoms. The minimum atomic E-state index is 0.188. The molecule has 0 aliphatic carbocycles. The predicted molar refractivity (Wildman–Crippen MR) is 84.3 cm³/mol. The Hall–Kier alpha value is -1.80. The van der Waals surface area contributed by atoms with E-state index in [4.69, 9.17) is 10.5 Å². The molecule has 2 aromatic rings. The molecule has 0 spiro atoms. The molecule has 20 heavy (non-hydrogen) atoms. The van der Waals surface area contributed by atoms with Crippen molar-refractivity contribution in [3.63, 3.8) is 0 Å². The highest BCUT2D eigenvalue weighted by Gasteiger charge is 2.00. The SMILES string of the molecule is CCCc1ccc(Oc2ccc(CC(C)N)cc2)cc1. The van der Waals surface area contributed by atoms with Gasteiger partial charge >= 0.3 is 0 Å². The van der Waals surface area contributed by atoms with Gasteiger partial charge in [0, 0.05) is 6.04 Å². The maximum atomic E-state index is 5.84. The Morgan fingerprint density at radius 2 is 1.40 bits per heavy atom. The first-order valence-electron chi connectivity index (χ1n) is 7.28. The summed E-state index contributed by atoms with van der Waals surface area (Å²) in [5, 5.41) is 0.